The van der Waals surface area contributed by atoms with Gasteiger partial charge in [-0.25, -0.2) is 14.6 Å². The van der Waals surface area contributed by atoms with Crippen molar-refractivity contribution in [1.29, 1.82) is 0 Å². The lowest BCUT2D eigenvalue weighted by atomic mass is 9.83. The van der Waals surface area contributed by atoms with Crippen LogP contribution in [0, 0.1) is 6.92 Å². The maximum atomic E-state index is 10.6. The van der Waals surface area contributed by atoms with Gasteiger partial charge in [-0.2, -0.15) is 26.3 Å². The van der Waals surface area contributed by atoms with Gasteiger partial charge in [0.25, 0.3) is 0 Å². The smallest absolute Gasteiger partial charge is 0.475 e. The predicted molar refractivity (Wildman–Crippen MR) is 122 cm³/mol. The monoisotopic (exact) mass is 553 g/mol. The Hall–Kier alpha value is -3.20. The number of likely N-dealkylation sites (tertiary alicyclic amines) is 1. The van der Waals surface area contributed by atoms with E-state index in [1.165, 1.54) is 17.2 Å². The van der Waals surface area contributed by atoms with Crippen LogP contribution < -0.4 is 0 Å². The Kier molecular flexibility index (Phi) is 10.3. The molecule has 0 amide bonds. The van der Waals surface area contributed by atoms with E-state index in [-0.39, 0.29) is 5.54 Å². The summed E-state index contributed by atoms with van der Waals surface area (Å²) in [5.41, 5.74) is 2.60. The Morgan fingerprint density at radius 1 is 0.947 bits per heavy atom. The van der Waals surface area contributed by atoms with Gasteiger partial charge in [0, 0.05) is 50.8 Å². The lowest BCUT2D eigenvalue weighted by Crippen LogP contribution is -2.57. The van der Waals surface area contributed by atoms with E-state index >= 15 is 0 Å². The molecule has 0 saturated carbocycles. The first kappa shape index (κ1) is 31.0. The van der Waals surface area contributed by atoms with Crippen LogP contribution in [0.15, 0.2) is 30.6 Å². The van der Waals surface area contributed by atoms with E-state index < -0.39 is 24.3 Å². The highest BCUT2D eigenvalue weighted by Gasteiger charge is 2.46. The number of fused-ring (bicyclic) bond motifs is 2. The second-order valence-corrected chi connectivity index (χ2v) is 8.69. The lowest BCUT2D eigenvalue weighted by Gasteiger charge is -2.50. The molecule has 4 heterocycles. The van der Waals surface area contributed by atoms with E-state index in [1.807, 2.05) is 12.3 Å². The Morgan fingerprint density at radius 3 is 1.95 bits per heavy atom. The van der Waals surface area contributed by atoms with E-state index in [2.05, 4.69) is 51.5 Å². The molecule has 9 nitrogen and oxygen atoms in total. The van der Waals surface area contributed by atoms with Crippen molar-refractivity contribution >= 4 is 11.9 Å². The number of piperidine rings is 1. The first-order chi connectivity index (χ1) is 17.6. The number of carboxylic acid groups (broad SMARTS) is 2. The zero-order valence-corrected chi connectivity index (χ0v) is 20.8. The highest BCUT2D eigenvalue weighted by atomic mass is 19.4. The normalized spacial score (nSPS) is 17.5. The molecule has 2 aliphatic heterocycles. The third-order valence-electron chi connectivity index (χ3n) is 6.33. The van der Waals surface area contributed by atoms with Crippen molar-refractivity contribution in [2.75, 3.05) is 26.2 Å². The Bertz CT molecular complexity index is 1040. The fraction of sp³-hybridized carbons (Fsp3) is 0.565. The van der Waals surface area contributed by atoms with Crippen LogP contribution in [-0.4, -0.2) is 85.0 Å². The molecular formula is C23H29F6N5O4. The summed E-state index contributed by atoms with van der Waals surface area (Å²) in [5, 5.41) is 14.2. The number of carboxylic acids is 2. The van der Waals surface area contributed by atoms with Crippen LogP contribution >= 0.6 is 0 Å². The summed E-state index contributed by atoms with van der Waals surface area (Å²) in [6.45, 7) is 11.0. The number of imidazole rings is 1. The van der Waals surface area contributed by atoms with Crippen LogP contribution in [0.2, 0.25) is 0 Å². The Morgan fingerprint density at radius 2 is 1.50 bits per heavy atom. The van der Waals surface area contributed by atoms with Gasteiger partial charge in [0.1, 0.15) is 5.82 Å². The van der Waals surface area contributed by atoms with Gasteiger partial charge in [-0.3, -0.25) is 14.8 Å². The van der Waals surface area contributed by atoms with Gasteiger partial charge in [-0.05, 0) is 38.4 Å². The van der Waals surface area contributed by atoms with Crippen LogP contribution in [0.4, 0.5) is 26.3 Å². The van der Waals surface area contributed by atoms with Crippen LogP contribution in [0.25, 0.3) is 0 Å². The number of nitrogens with zero attached hydrogens (tertiary/aromatic N) is 5. The van der Waals surface area contributed by atoms with Crippen LogP contribution in [0.5, 0.6) is 0 Å². The summed E-state index contributed by atoms with van der Waals surface area (Å²) >= 11 is 0. The molecule has 0 radical (unpaired) electrons. The highest BCUT2D eigenvalue weighted by molar-refractivity contribution is 5.73. The molecule has 212 valence electrons. The van der Waals surface area contributed by atoms with E-state index in [0.29, 0.717) is 0 Å². The number of hydrogen-bond acceptors (Lipinski definition) is 6. The zero-order valence-electron chi connectivity index (χ0n) is 20.8. The first-order valence-electron chi connectivity index (χ1n) is 11.6. The molecule has 0 aromatic carbocycles. The largest absolute Gasteiger partial charge is 0.490 e. The molecule has 2 aromatic heterocycles. The number of likely N-dealkylation sites (N-methyl/N-ethyl adjacent to an activating group) is 1. The number of alkyl halides is 6. The van der Waals surface area contributed by atoms with Gasteiger partial charge in [-0.1, -0.05) is 13.0 Å². The summed E-state index contributed by atoms with van der Waals surface area (Å²) in [6.07, 6.45) is -3.91. The molecule has 38 heavy (non-hydrogen) atoms. The van der Waals surface area contributed by atoms with Crippen molar-refractivity contribution in [3.63, 3.8) is 0 Å². The lowest BCUT2D eigenvalue weighted by molar-refractivity contribution is -0.193. The molecule has 1 fully saturated rings. The van der Waals surface area contributed by atoms with E-state index in [1.54, 1.807) is 0 Å². The van der Waals surface area contributed by atoms with E-state index in [4.69, 9.17) is 24.8 Å². The molecule has 0 atom stereocenters. The molecule has 2 aromatic rings. The second-order valence-electron chi connectivity index (χ2n) is 8.69. The number of hydrogen-bond donors (Lipinski definition) is 2. The van der Waals surface area contributed by atoms with Gasteiger partial charge in [0.15, 0.2) is 0 Å². The second kappa shape index (κ2) is 12.6. The van der Waals surface area contributed by atoms with Crippen LogP contribution in [-0.2, 0) is 28.2 Å². The fourth-order valence-electron chi connectivity index (χ4n) is 4.49. The van der Waals surface area contributed by atoms with Gasteiger partial charge in [0.2, 0.25) is 0 Å². The topological polar surface area (TPSA) is 112 Å². The highest BCUT2D eigenvalue weighted by Crippen LogP contribution is 2.41. The summed E-state index contributed by atoms with van der Waals surface area (Å²) < 4.78 is 65.9. The van der Waals surface area contributed by atoms with E-state index in [0.717, 1.165) is 52.1 Å². The average Bonchev–Trinajstić information content (AvgIpc) is 3.23. The van der Waals surface area contributed by atoms with Crippen molar-refractivity contribution in [1.82, 2.24) is 24.3 Å². The zero-order chi connectivity index (χ0) is 28.7. The van der Waals surface area contributed by atoms with Crippen molar-refractivity contribution in [2.24, 2.45) is 0 Å². The fourth-order valence-corrected chi connectivity index (χ4v) is 4.49. The summed E-state index contributed by atoms with van der Waals surface area (Å²) in [7, 11) is 0. The Balaban J connectivity index is 0.000000301. The summed E-state index contributed by atoms with van der Waals surface area (Å²) in [5.74, 6) is -4.22. The molecule has 4 rings (SSSR count). The van der Waals surface area contributed by atoms with E-state index in [9.17, 15) is 26.3 Å². The minimum absolute atomic E-state index is 0.127. The molecule has 0 aliphatic carbocycles. The first-order valence-corrected chi connectivity index (χ1v) is 11.6. The summed E-state index contributed by atoms with van der Waals surface area (Å²) in [6, 6.07) is 6.19. The number of pyridine rings is 1. The molecule has 1 spiro atoms. The molecule has 1 saturated heterocycles. The van der Waals surface area contributed by atoms with Gasteiger partial charge < -0.3 is 14.8 Å². The number of aliphatic carboxylic acids is 2. The Labute approximate surface area is 214 Å². The molecule has 0 unspecified atom stereocenters. The number of halogens is 6. The minimum atomic E-state index is -5.08. The van der Waals surface area contributed by atoms with Crippen molar-refractivity contribution < 1.29 is 46.1 Å². The molecule has 2 aliphatic rings. The van der Waals surface area contributed by atoms with Crippen LogP contribution in [0.3, 0.4) is 0 Å². The van der Waals surface area contributed by atoms with Gasteiger partial charge in [-0.15, -0.1) is 0 Å². The van der Waals surface area contributed by atoms with Crippen LogP contribution in [0.1, 0.15) is 37.0 Å². The SMILES string of the molecule is CCN1CCn2c(C)cnc2C12CCN(Cc1ccccn1)CC2.O=C(O)C(F)(F)F.O=C(O)C(F)(F)F. The number of carbonyl (C=O) groups is 2. The quantitative estimate of drug-likeness (QED) is 0.554. The molecule has 2 N–H and O–H groups in total. The van der Waals surface area contributed by atoms with Crippen molar-refractivity contribution in [2.45, 2.75) is 57.7 Å². The number of rotatable bonds is 3. The predicted octanol–water partition coefficient (Wildman–Crippen LogP) is 3.68. The molecule has 15 heteroatoms. The number of aryl methyl sites for hydroxylation is 1. The third kappa shape index (κ3) is 7.90. The van der Waals surface area contributed by atoms with Gasteiger partial charge in [0.05, 0.1) is 11.2 Å². The van der Waals surface area contributed by atoms with Crippen molar-refractivity contribution in [3.8, 4) is 0 Å². The van der Waals surface area contributed by atoms with Gasteiger partial charge >= 0.3 is 24.3 Å². The van der Waals surface area contributed by atoms with Crippen molar-refractivity contribution in [3.05, 3.63) is 47.8 Å². The third-order valence-corrected chi connectivity index (χ3v) is 6.33. The molecular weight excluding hydrogens is 524 g/mol. The maximum absolute atomic E-state index is 10.6. The maximum Gasteiger partial charge on any atom is 0.490 e. The standard InChI is InChI=1S/C19H27N5.2C2HF3O2/c1-3-23-12-13-24-16(2)14-21-18(24)19(23)7-10-22(11-8-19)15-17-6-4-5-9-20-17;2*3-2(4,5)1(6)7/h4-6,9,14H,3,7-8,10-13,15H2,1-2H3;2*(H,6,7). The minimum Gasteiger partial charge on any atom is -0.475 e. The number of aromatic nitrogens is 3. The summed E-state index contributed by atoms with van der Waals surface area (Å²) in [4.78, 5) is 32.3. The average molecular weight is 554 g/mol. The molecule has 0 bridgehead atoms.